The minimum atomic E-state index is -1.11. The highest BCUT2D eigenvalue weighted by Crippen LogP contribution is 2.13. The van der Waals surface area contributed by atoms with E-state index in [-0.39, 0.29) is 16.7 Å². The third-order valence-corrected chi connectivity index (χ3v) is 2.61. The van der Waals surface area contributed by atoms with Gasteiger partial charge < -0.3 is 10.1 Å². The van der Waals surface area contributed by atoms with Gasteiger partial charge in [-0.15, -0.1) is 0 Å². The Bertz CT molecular complexity index is 640. The van der Waals surface area contributed by atoms with Crippen LogP contribution in [0.15, 0.2) is 23.0 Å². The molecule has 0 bridgehead atoms. The molecule has 0 fully saturated rings. The Morgan fingerprint density at radius 3 is 2.62 bits per heavy atom. The molecule has 0 spiro atoms. The fourth-order valence-electron chi connectivity index (χ4n) is 1.71. The number of hydrogen-bond acceptors (Lipinski definition) is 2. The molecule has 4 nitrogen and oxygen atoms in total. The van der Waals surface area contributed by atoms with Crippen LogP contribution in [0.1, 0.15) is 21.6 Å². The summed E-state index contributed by atoms with van der Waals surface area (Å²) in [5, 5.41) is 9.46. The lowest BCUT2D eigenvalue weighted by Crippen LogP contribution is -2.15. The molecular formula is C12H11NO3. The summed E-state index contributed by atoms with van der Waals surface area (Å²) in [7, 11) is 0. The van der Waals surface area contributed by atoms with Crippen LogP contribution in [-0.4, -0.2) is 16.1 Å². The molecule has 0 unspecified atom stereocenters. The van der Waals surface area contributed by atoms with Gasteiger partial charge in [0.2, 0.25) is 0 Å². The van der Waals surface area contributed by atoms with Gasteiger partial charge in [-0.25, -0.2) is 4.79 Å². The summed E-state index contributed by atoms with van der Waals surface area (Å²) in [5.74, 6) is -1.11. The Labute approximate surface area is 91.5 Å². The van der Waals surface area contributed by atoms with E-state index in [0.29, 0.717) is 10.9 Å². The topological polar surface area (TPSA) is 70.2 Å². The molecule has 1 heterocycles. The first kappa shape index (κ1) is 10.4. The van der Waals surface area contributed by atoms with E-state index in [1.807, 2.05) is 13.0 Å². The van der Waals surface area contributed by atoms with Crippen LogP contribution in [0.2, 0.25) is 0 Å². The zero-order valence-electron chi connectivity index (χ0n) is 9.00. The molecule has 0 amide bonds. The molecule has 0 saturated heterocycles. The first-order valence-electron chi connectivity index (χ1n) is 4.87. The fourth-order valence-corrected chi connectivity index (χ4v) is 1.71. The number of rotatable bonds is 1. The summed E-state index contributed by atoms with van der Waals surface area (Å²) in [6.45, 7) is 3.41. The maximum Gasteiger partial charge on any atom is 0.352 e. The first-order valence-corrected chi connectivity index (χ1v) is 4.87. The lowest BCUT2D eigenvalue weighted by molar-refractivity contribution is 0.0690. The quantitative estimate of drug-likeness (QED) is 0.765. The molecule has 82 valence electrons. The molecule has 2 rings (SSSR count). The van der Waals surface area contributed by atoms with Crippen LogP contribution < -0.4 is 5.43 Å². The molecule has 0 saturated carbocycles. The second kappa shape index (κ2) is 3.48. The fraction of sp³-hybridized carbons (Fsp3) is 0.167. The van der Waals surface area contributed by atoms with Crippen LogP contribution in [0, 0.1) is 13.8 Å². The first-order chi connectivity index (χ1) is 7.50. The average Bonchev–Trinajstić information content (AvgIpc) is 2.23. The van der Waals surface area contributed by atoms with Crippen molar-refractivity contribution in [3.8, 4) is 0 Å². The predicted octanol–water partition coefficient (Wildman–Crippen LogP) is 1.84. The highest BCUT2D eigenvalue weighted by molar-refractivity contribution is 5.91. The van der Waals surface area contributed by atoms with Crippen LogP contribution in [0.25, 0.3) is 10.9 Å². The number of pyridine rings is 1. The number of H-pyrrole nitrogens is 1. The highest BCUT2D eigenvalue weighted by Gasteiger charge is 2.13. The summed E-state index contributed by atoms with van der Waals surface area (Å²) in [6, 6.07) is 5.31. The van der Waals surface area contributed by atoms with Crippen molar-refractivity contribution in [1.29, 1.82) is 0 Å². The summed E-state index contributed by atoms with van der Waals surface area (Å²) < 4.78 is 0. The van der Waals surface area contributed by atoms with Crippen molar-refractivity contribution in [2.45, 2.75) is 13.8 Å². The number of hydrogen-bond donors (Lipinski definition) is 2. The lowest BCUT2D eigenvalue weighted by Gasteiger charge is -2.04. The van der Waals surface area contributed by atoms with E-state index in [9.17, 15) is 9.59 Å². The normalized spacial score (nSPS) is 10.6. The minimum absolute atomic E-state index is 0.0404. The molecule has 0 aliphatic carbocycles. The van der Waals surface area contributed by atoms with Gasteiger partial charge in [-0.1, -0.05) is 11.6 Å². The highest BCUT2D eigenvalue weighted by atomic mass is 16.4. The number of fused-ring (bicyclic) bond motifs is 1. The van der Waals surface area contributed by atoms with Crippen molar-refractivity contribution in [2.75, 3.05) is 0 Å². The number of aromatic carboxylic acids is 1. The largest absolute Gasteiger partial charge is 0.477 e. The van der Waals surface area contributed by atoms with Crippen molar-refractivity contribution < 1.29 is 9.90 Å². The minimum Gasteiger partial charge on any atom is -0.477 e. The number of aryl methyl sites for hydroxylation is 1. The second-order valence-corrected chi connectivity index (χ2v) is 3.81. The summed E-state index contributed by atoms with van der Waals surface area (Å²) in [5.41, 5.74) is 1.50. The average molecular weight is 217 g/mol. The Morgan fingerprint density at radius 2 is 2.00 bits per heavy atom. The predicted molar refractivity (Wildman–Crippen MR) is 61.0 cm³/mol. The van der Waals surface area contributed by atoms with Crippen LogP contribution in [-0.2, 0) is 0 Å². The number of carbonyl (C=O) groups is 1. The van der Waals surface area contributed by atoms with Crippen molar-refractivity contribution in [3.63, 3.8) is 0 Å². The molecule has 16 heavy (non-hydrogen) atoms. The maximum absolute atomic E-state index is 11.9. The van der Waals surface area contributed by atoms with Crippen LogP contribution in [0.3, 0.4) is 0 Å². The van der Waals surface area contributed by atoms with Gasteiger partial charge in [-0.05, 0) is 26.0 Å². The molecular weight excluding hydrogens is 206 g/mol. The number of aromatic amines is 1. The maximum atomic E-state index is 11.9. The Balaban J connectivity index is 2.94. The van der Waals surface area contributed by atoms with E-state index in [4.69, 9.17) is 5.11 Å². The van der Waals surface area contributed by atoms with Crippen LogP contribution >= 0.6 is 0 Å². The number of carboxylic acid groups (broad SMARTS) is 1. The number of nitrogens with one attached hydrogen (secondary N) is 1. The van der Waals surface area contributed by atoms with E-state index in [2.05, 4.69) is 4.98 Å². The van der Waals surface area contributed by atoms with Gasteiger partial charge in [-0.2, -0.15) is 0 Å². The molecule has 2 N–H and O–H groups in total. The molecule has 4 heteroatoms. The van der Waals surface area contributed by atoms with Crippen molar-refractivity contribution in [1.82, 2.24) is 4.98 Å². The number of aromatic nitrogens is 1. The van der Waals surface area contributed by atoms with E-state index in [1.165, 1.54) is 6.92 Å². The molecule has 0 radical (unpaired) electrons. The summed E-state index contributed by atoms with van der Waals surface area (Å²) in [6.07, 6.45) is 0. The monoisotopic (exact) mass is 217 g/mol. The van der Waals surface area contributed by atoms with Gasteiger partial charge in [-0.3, -0.25) is 4.79 Å². The van der Waals surface area contributed by atoms with Gasteiger partial charge >= 0.3 is 5.97 Å². The third kappa shape index (κ3) is 1.48. The van der Waals surface area contributed by atoms with E-state index < -0.39 is 5.97 Å². The van der Waals surface area contributed by atoms with Gasteiger partial charge in [0.15, 0.2) is 5.43 Å². The van der Waals surface area contributed by atoms with E-state index >= 15 is 0 Å². The zero-order chi connectivity index (χ0) is 11.9. The Morgan fingerprint density at radius 1 is 1.31 bits per heavy atom. The molecule has 1 aromatic carbocycles. The Hall–Kier alpha value is -2.10. The number of benzene rings is 1. The van der Waals surface area contributed by atoms with Gasteiger partial charge in [0, 0.05) is 16.5 Å². The second-order valence-electron chi connectivity index (χ2n) is 3.81. The van der Waals surface area contributed by atoms with Crippen molar-refractivity contribution >= 4 is 16.9 Å². The Kier molecular flexibility index (Phi) is 2.27. The van der Waals surface area contributed by atoms with Gasteiger partial charge in [0.25, 0.3) is 0 Å². The van der Waals surface area contributed by atoms with Gasteiger partial charge in [0.1, 0.15) is 5.69 Å². The smallest absolute Gasteiger partial charge is 0.352 e. The van der Waals surface area contributed by atoms with E-state index in [1.54, 1.807) is 12.1 Å². The standard InChI is InChI=1S/C12H11NO3/c1-6-3-4-9-8(5-6)11(14)7(2)10(13-9)12(15)16/h3-5H,1-2H3,(H,13,14)(H,15,16). The molecule has 0 aliphatic heterocycles. The number of carboxylic acids is 1. The van der Waals surface area contributed by atoms with Crippen molar-refractivity contribution in [3.05, 3.63) is 45.2 Å². The van der Waals surface area contributed by atoms with Crippen molar-refractivity contribution in [2.24, 2.45) is 0 Å². The molecule has 0 atom stereocenters. The molecule has 2 aromatic rings. The third-order valence-electron chi connectivity index (χ3n) is 2.61. The molecule has 0 aliphatic rings. The van der Waals surface area contributed by atoms with Crippen LogP contribution in [0.5, 0.6) is 0 Å². The lowest BCUT2D eigenvalue weighted by atomic mass is 10.1. The van der Waals surface area contributed by atoms with Crippen LogP contribution in [0.4, 0.5) is 0 Å². The molecule has 1 aromatic heterocycles. The van der Waals surface area contributed by atoms with E-state index in [0.717, 1.165) is 5.56 Å². The zero-order valence-corrected chi connectivity index (χ0v) is 9.00. The summed E-state index contributed by atoms with van der Waals surface area (Å²) in [4.78, 5) is 25.6. The SMILES string of the molecule is Cc1ccc2[nH]c(C(=O)O)c(C)c(=O)c2c1. The summed E-state index contributed by atoms with van der Waals surface area (Å²) >= 11 is 0. The van der Waals surface area contributed by atoms with Gasteiger partial charge in [0.05, 0.1) is 0 Å².